The number of quaternary nitrogens is 2. The lowest BCUT2D eigenvalue weighted by atomic mass is 10.1. The fraction of sp³-hybridized carbons (Fsp3) is 0.474. The van der Waals surface area contributed by atoms with Crippen LogP contribution < -0.4 is 15.5 Å². The zero-order valence-electron chi connectivity index (χ0n) is 16.0. The van der Waals surface area contributed by atoms with Crippen molar-refractivity contribution < 1.29 is 29.3 Å². The van der Waals surface area contributed by atoms with Crippen LogP contribution in [0, 0.1) is 0 Å². The Hall–Kier alpha value is -1.78. The number of nitrogens with two attached hydrogens (primary N) is 1. The van der Waals surface area contributed by atoms with Crippen molar-refractivity contribution in [3.8, 4) is 10.4 Å². The Morgan fingerprint density at radius 2 is 2.14 bits per heavy atom. The van der Waals surface area contributed by atoms with Crippen LogP contribution in [0.2, 0.25) is 0 Å². The van der Waals surface area contributed by atoms with E-state index in [9.17, 15) is 9.59 Å². The molecule has 1 amide bonds. The SMILES string of the molecule is CCOC(=O)c1c(-c2cccs2)csc1NC(=O)C[NH2+]CC[NH+]1CCOCC1. The minimum absolute atomic E-state index is 0.109. The number of morpholine rings is 1. The van der Waals surface area contributed by atoms with Gasteiger partial charge in [-0.25, -0.2) is 4.79 Å². The molecule has 3 rings (SSSR count). The van der Waals surface area contributed by atoms with E-state index in [-0.39, 0.29) is 5.91 Å². The quantitative estimate of drug-likeness (QED) is 0.392. The maximum Gasteiger partial charge on any atom is 0.341 e. The van der Waals surface area contributed by atoms with Crippen molar-refractivity contribution in [3.63, 3.8) is 0 Å². The number of nitrogens with one attached hydrogen (secondary N) is 2. The Balaban J connectivity index is 1.56. The van der Waals surface area contributed by atoms with E-state index < -0.39 is 5.97 Å². The zero-order valence-corrected chi connectivity index (χ0v) is 17.6. The monoisotopic (exact) mass is 425 g/mol. The van der Waals surface area contributed by atoms with Gasteiger partial charge >= 0.3 is 5.97 Å². The lowest BCUT2D eigenvalue weighted by Crippen LogP contribution is -3.16. The van der Waals surface area contributed by atoms with Crippen molar-refractivity contribution in [2.24, 2.45) is 0 Å². The van der Waals surface area contributed by atoms with Crippen LogP contribution in [0.5, 0.6) is 0 Å². The molecule has 152 valence electrons. The van der Waals surface area contributed by atoms with Crippen LogP contribution in [0.1, 0.15) is 17.3 Å². The van der Waals surface area contributed by atoms with Crippen molar-refractivity contribution in [3.05, 3.63) is 28.5 Å². The Morgan fingerprint density at radius 1 is 1.32 bits per heavy atom. The third-order valence-corrected chi connectivity index (χ3v) is 6.34. The van der Waals surface area contributed by atoms with E-state index in [1.54, 1.807) is 18.3 Å². The predicted molar refractivity (Wildman–Crippen MR) is 110 cm³/mol. The fourth-order valence-electron chi connectivity index (χ4n) is 3.10. The number of ether oxygens (including phenoxy) is 2. The van der Waals surface area contributed by atoms with Crippen LogP contribution in [-0.4, -0.2) is 64.4 Å². The number of thiophene rings is 2. The zero-order chi connectivity index (χ0) is 19.8. The van der Waals surface area contributed by atoms with Gasteiger partial charge in [0.1, 0.15) is 36.7 Å². The average Bonchev–Trinajstić information content (AvgIpc) is 3.36. The Morgan fingerprint density at radius 3 is 2.86 bits per heavy atom. The Labute approximate surface area is 172 Å². The highest BCUT2D eigenvalue weighted by Crippen LogP contribution is 2.38. The van der Waals surface area contributed by atoms with Crippen LogP contribution in [-0.2, 0) is 14.3 Å². The summed E-state index contributed by atoms with van der Waals surface area (Å²) in [5, 5.41) is 9.33. The molecule has 1 aliphatic heterocycles. The van der Waals surface area contributed by atoms with Crippen molar-refractivity contribution in [2.75, 3.05) is 57.9 Å². The van der Waals surface area contributed by atoms with Crippen LogP contribution in [0.25, 0.3) is 10.4 Å². The molecular formula is C19H27N3O4S2+2. The van der Waals surface area contributed by atoms with Gasteiger partial charge in [-0.2, -0.15) is 0 Å². The van der Waals surface area contributed by atoms with Gasteiger partial charge in [-0.3, -0.25) is 4.79 Å². The maximum absolute atomic E-state index is 12.5. The smallest absolute Gasteiger partial charge is 0.341 e. The molecule has 0 saturated carbocycles. The van der Waals surface area contributed by atoms with Gasteiger partial charge in [-0.1, -0.05) is 6.07 Å². The van der Waals surface area contributed by atoms with Gasteiger partial charge in [0.25, 0.3) is 5.91 Å². The van der Waals surface area contributed by atoms with Crippen molar-refractivity contribution in [1.82, 2.24) is 0 Å². The third kappa shape index (κ3) is 5.62. The summed E-state index contributed by atoms with van der Waals surface area (Å²) in [4.78, 5) is 27.4. The molecule has 1 aliphatic rings. The Kier molecular flexibility index (Phi) is 7.99. The fourth-order valence-corrected chi connectivity index (χ4v) is 4.88. The number of carbonyl (C=O) groups excluding carboxylic acids is 2. The molecule has 7 nitrogen and oxygen atoms in total. The number of carbonyl (C=O) groups is 2. The number of rotatable bonds is 9. The van der Waals surface area contributed by atoms with Gasteiger partial charge in [-0.15, -0.1) is 22.7 Å². The highest BCUT2D eigenvalue weighted by Gasteiger charge is 2.23. The normalized spacial score (nSPS) is 14.8. The summed E-state index contributed by atoms with van der Waals surface area (Å²) in [5.41, 5.74) is 1.26. The van der Waals surface area contributed by atoms with Crippen LogP contribution >= 0.6 is 22.7 Å². The summed E-state index contributed by atoms with van der Waals surface area (Å²) >= 11 is 2.92. The summed E-state index contributed by atoms with van der Waals surface area (Å²) in [5.74, 6) is -0.510. The molecule has 28 heavy (non-hydrogen) atoms. The lowest BCUT2D eigenvalue weighted by molar-refractivity contribution is -0.919. The maximum atomic E-state index is 12.5. The van der Waals surface area contributed by atoms with E-state index in [0.717, 1.165) is 49.8 Å². The van der Waals surface area contributed by atoms with Gasteiger partial charge in [0.15, 0.2) is 6.54 Å². The molecule has 0 radical (unpaired) electrons. The van der Waals surface area contributed by atoms with E-state index in [2.05, 4.69) is 5.32 Å². The van der Waals surface area contributed by atoms with E-state index in [0.29, 0.717) is 23.7 Å². The molecule has 3 heterocycles. The molecule has 0 aliphatic carbocycles. The second-order valence-electron chi connectivity index (χ2n) is 6.49. The van der Waals surface area contributed by atoms with E-state index >= 15 is 0 Å². The Bertz CT molecular complexity index is 770. The van der Waals surface area contributed by atoms with Crippen LogP contribution in [0.4, 0.5) is 5.00 Å². The first-order valence-electron chi connectivity index (χ1n) is 9.54. The number of hydrogen-bond donors (Lipinski definition) is 3. The van der Waals surface area contributed by atoms with Crippen LogP contribution in [0.15, 0.2) is 22.9 Å². The van der Waals surface area contributed by atoms with Gasteiger partial charge in [0.05, 0.1) is 19.8 Å². The van der Waals surface area contributed by atoms with Gasteiger partial charge in [0.2, 0.25) is 0 Å². The van der Waals surface area contributed by atoms with Gasteiger partial charge in [-0.05, 0) is 18.4 Å². The minimum Gasteiger partial charge on any atom is -0.462 e. The molecule has 9 heteroatoms. The summed E-state index contributed by atoms with van der Waals surface area (Å²) in [6.45, 7) is 8.01. The topological polar surface area (TPSA) is 85.7 Å². The number of anilines is 1. The second kappa shape index (κ2) is 10.7. The highest BCUT2D eigenvalue weighted by molar-refractivity contribution is 7.17. The summed E-state index contributed by atoms with van der Waals surface area (Å²) in [6.07, 6.45) is 0. The van der Waals surface area contributed by atoms with E-state index in [1.807, 2.05) is 28.2 Å². The predicted octanol–water partition coefficient (Wildman–Crippen LogP) is 0.0703. The molecule has 2 aromatic heterocycles. The molecular weight excluding hydrogens is 398 g/mol. The summed E-state index contributed by atoms with van der Waals surface area (Å²) < 4.78 is 10.6. The largest absolute Gasteiger partial charge is 0.462 e. The highest BCUT2D eigenvalue weighted by atomic mass is 32.1. The van der Waals surface area contributed by atoms with Gasteiger partial charge in [0, 0.05) is 15.8 Å². The second-order valence-corrected chi connectivity index (χ2v) is 8.32. The number of hydrogen-bond acceptors (Lipinski definition) is 6. The standard InChI is InChI=1S/C19H25N3O4S2/c1-2-26-19(24)17-14(15-4-3-11-27-15)13-28-18(17)21-16(23)12-20-5-6-22-7-9-25-10-8-22/h3-4,11,13,20H,2,5-10,12H2,1H3,(H,21,23)/p+2. The minimum atomic E-state index is -0.401. The molecule has 0 bridgehead atoms. The molecule has 1 fully saturated rings. The van der Waals surface area contributed by atoms with Crippen molar-refractivity contribution >= 4 is 39.6 Å². The summed E-state index contributed by atoms with van der Waals surface area (Å²) in [6, 6.07) is 3.90. The first-order chi connectivity index (χ1) is 13.7. The molecule has 0 atom stereocenters. The first-order valence-corrected chi connectivity index (χ1v) is 11.3. The number of esters is 1. The molecule has 0 spiro atoms. The molecule has 2 aromatic rings. The van der Waals surface area contributed by atoms with Crippen LogP contribution in [0.3, 0.4) is 0 Å². The molecule has 4 N–H and O–H groups in total. The van der Waals surface area contributed by atoms with Crippen molar-refractivity contribution in [1.29, 1.82) is 0 Å². The lowest BCUT2D eigenvalue weighted by Gasteiger charge is -2.22. The molecule has 0 unspecified atom stereocenters. The van der Waals surface area contributed by atoms with Crippen molar-refractivity contribution in [2.45, 2.75) is 6.92 Å². The number of amides is 1. The molecule has 1 saturated heterocycles. The molecule has 0 aromatic carbocycles. The van der Waals surface area contributed by atoms with E-state index in [1.165, 1.54) is 16.2 Å². The average molecular weight is 426 g/mol. The van der Waals surface area contributed by atoms with E-state index in [4.69, 9.17) is 9.47 Å². The summed E-state index contributed by atoms with van der Waals surface area (Å²) in [7, 11) is 0. The van der Waals surface area contributed by atoms with Gasteiger partial charge < -0.3 is 25.0 Å². The third-order valence-electron chi connectivity index (χ3n) is 4.54. The first kappa shape index (κ1) is 20.9.